The van der Waals surface area contributed by atoms with Gasteiger partial charge in [-0.1, -0.05) is 29.3 Å². The molecular formula is C12H12Cl2N2O. The summed E-state index contributed by atoms with van der Waals surface area (Å²) in [6.07, 6.45) is 2.18. The minimum atomic E-state index is -0.151. The van der Waals surface area contributed by atoms with E-state index in [0.717, 1.165) is 11.3 Å². The van der Waals surface area contributed by atoms with Gasteiger partial charge < -0.3 is 4.42 Å². The molecular weight excluding hydrogens is 259 g/mol. The molecule has 5 heteroatoms. The molecule has 1 heterocycles. The van der Waals surface area contributed by atoms with Crippen LogP contribution in [0.5, 0.6) is 0 Å². The van der Waals surface area contributed by atoms with E-state index < -0.39 is 0 Å². The number of furan rings is 1. The molecule has 0 saturated carbocycles. The summed E-state index contributed by atoms with van der Waals surface area (Å²) < 4.78 is 5.31. The van der Waals surface area contributed by atoms with Crippen LogP contribution in [0.3, 0.4) is 0 Å². The number of benzene rings is 1. The Hall–Kier alpha value is -1.00. The molecule has 0 aliphatic rings. The van der Waals surface area contributed by atoms with Gasteiger partial charge in [0.1, 0.15) is 5.76 Å². The highest BCUT2D eigenvalue weighted by Gasteiger charge is 2.16. The van der Waals surface area contributed by atoms with Gasteiger partial charge in [0.05, 0.1) is 12.3 Å². The summed E-state index contributed by atoms with van der Waals surface area (Å²) in [4.78, 5) is 0. The van der Waals surface area contributed by atoms with E-state index in [-0.39, 0.29) is 6.04 Å². The lowest BCUT2D eigenvalue weighted by atomic mass is 10.0. The van der Waals surface area contributed by atoms with Crippen molar-refractivity contribution in [1.29, 1.82) is 0 Å². The van der Waals surface area contributed by atoms with Crippen LogP contribution in [-0.2, 0) is 6.42 Å². The Morgan fingerprint density at radius 2 is 1.88 bits per heavy atom. The second kappa shape index (κ2) is 5.56. The highest BCUT2D eigenvalue weighted by atomic mass is 35.5. The molecule has 3 N–H and O–H groups in total. The quantitative estimate of drug-likeness (QED) is 0.662. The van der Waals surface area contributed by atoms with Gasteiger partial charge in [-0.05, 0) is 36.2 Å². The van der Waals surface area contributed by atoms with Gasteiger partial charge in [0, 0.05) is 10.0 Å². The first kappa shape index (κ1) is 12.5. The molecule has 0 spiro atoms. The molecule has 1 unspecified atom stereocenters. The Morgan fingerprint density at radius 3 is 2.41 bits per heavy atom. The summed E-state index contributed by atoms with van der Waals surface area (Å²) in [6, 6.07) is 8.94. The molecule has 3 nitrogen and oxygen atoms in total. The van der Waals surface area contributed by atoms with Crippen LogP contribution in [0.2, 0.25) is 10.0 Å². The predicted molar refractivity (Wildman–Crippen MR) is 68.9 cm³/mol. The van der Waals surface area contributed by atoms with Gasteiger partial charge in [-0.2, -0.15) is 0 Å². The number of rotatable bonds is 4. The molecule has 2 aromatic rings. The van der Waals surface area contributed by atoms with Crippen molar-refractivity contribution in [3.05, 3.63) is 58.0 Å². The minimum absolute atomic E-state index is 0.151. The van der Waals surface area contributed by atoms with E-state index >= 15 is 0 Å². The van der Waals surface area contributed by atoms with Crippen LogP contribution in [0.25, 0.3) is 0 Å². The first-order chi connectivity index (χ1) is 8.22. The largest absolute Gasteiger partial charge is 0.468 e. The predicted octanol–water partition coefficient (Wildman–Crippen LogP) is 3.33. The Labute approximate surface area is 109 Å². The van der Waals surface area contributed by atoms with Crippen LogP contribution >= 0.6 is 23.2 Å². The molecule has 0 aliphatic carbocycles. The monoisotopic (exact) mass is 270 g/mol. The topological polar surface area (TPSA) is 51.2 Å². The summed E-state index contributed by atoms with van der Waals surface area (Å²) in [7, 11) is 0. The Morgan fingerprint density at radius 1 is 1.18 bits per heavy atom. The van der Waals surface area contributed by atoms with Crippen molar-refractivity contribution in [2.75, 3.05) is 0 Å². The summed E-state index contributed by atoms with van der Waals surface area (Å²) >= 11 is 12.2. The molecule has 0 bridgehead atoms. The Balaban J connectivity index is 2.25. The zero-order valence-electron chi connectivity index (χ0n) is 8.99. The molecule has 1 aromatic heterocycles. The summed E-state index contributed by atoms with van der Waals surface area (Å²) in [6.45, 7) is 0. The number of hydrazine groups is 1. The fourth-order valence-electron chi connectivity index (χ4n) is 1.66. The van der Waals surface area contributed by atoms with E-state index in [1.165, 1.54) is 0 Å². The van der Waals surface area contributed by atoms with Crippen LogP contribution in [0.4, 0.5) is 0 Å². The Bertz CT molecular complexity index is 465. The minimum Gasteiger partial charge on any atom is -0.468 e. The average Bonchev–Trinajstić information content (AvgIpc) is 2.82. The highest BCUT2D eigenvalue weighted by Crippen LogP contribution is 2.29. The summed E-state index contributed by atoms with van der Waals surface area (Å²) in [5, 5.41) is 1.26. The molecule has 1 aromatic carbocycles. The average molecular weight is 271 g/mol. The van der Waals surface area contributed by atoms with Gasteiger partial charge in [-0.3, -0.25) is 5.84 Å². The fourth-order valence-corrected chi connectivity index (χ4v) is 2.21. The molecule has 0 radical (unpaired) electrons. The van der Waals surface area contributed by atoms with E-state index in [1.807, 2.05) is 18.2 Å². The molecule has 0 fully saturated rings. The summed E-state index contributed by atoms with van der Waals surface area (Å²) in [5.41, 5.74) is 3.55. The van der Waals surface area contributed by atoms with Crippen molar-refractivity contribution in [2.45, 2.75) is 12.5 Å². The molecule has 17 heavy (non-hydrogen) atoms. The second-order valence-electron chi connectivity index (χ2n) is 3.64. The molecule has 90 valence electrons. The van der Waals surface area contributed by atoms with Crippen molar-refractivity contribution >= 4 is 23.2 Å². The normalized spacial score (nSPS) is 12.6. The second-order valence-corrected chi connectivity index (χ2v) is 4.45. The standard InChI is InChI=1S/C12H12Cl2N2O/c13-9-3-1-4-10(14)8(9)7-11(16-15)12-5-2-6-17-12/h1-6,11,16H,7,15H2. The zero-order chi connectivity index (χ0) is 12.3. The number of nitrogens with one attached hydrogen (secondary N) is 1. The third kappa shape index (κ3) is 2.82. The maximum absolute atomic E-state index is 6.11. The van der Waals surface area contributed by atoms with E-state index in [1.54, 1.807) is 18.4 Å². The van der Waals surface area contributed by atoms with Gasteiger partial charge in [0.15, 0.2) is 0 Å². The lowest BCUT2D eigenvalue weighted by molar-refractivity contribution is 0.416. The van der Waals surface area contributed by atoms with Crippen molar-refractivity contribution < 1.29 is 4.42 Å². The van der Waals surface area contributed by atoms with Crippen LogP contribution in [0.1, 0.15) is 17.4 Å². The lowest BCUT2D eigenvalue weighted by Crippen LogP contribution is -2.29. The van der Waals surface area contributed by atoms with Crippen LogP contribution in [-0.4, -0.2) is 0 Å². The smallest absolute Gasteiger partial charge is 0.122 e. The SMILES string of the molecule is NNC(Cc1c(Cl)cccc1Cl)c1ccco1. The molecule has 1 atom stereocenters. The van der Waals surface area contributed by atoms with Gasteiger partial charge in [-0.15, -0.1) is 0 Å². The molecule has 0 saturated heterocycles. The number of hydrogen-bond donors (Lipinski definition) is 2. The molecule has 0 aliphatic heterocycles. The maximum Gasteiger partial charge on any atom is 0.122 e. The lowest BCUT2D eigenvalue weighted by Gasteiger charge is -2.15. The van der Waals surface area contributed by atoms with Crippen LogP contribution < -0.4 is 11.3 Å². The zero-order valence-corrected chi connectivity index (χ0v) is 10.5. The van der Waals surface area contributed by atoms with E-state index in [0.29, 0.717) is 16.5 Å². The van der Waals surface area contributed by atoms with E-state index in [9.17, 15) is 0 Å². The molecule has 0 amide bonds. The third-order valence-corrected chi connectivity index (χ3v) is 3.27. The first-order valence-corrected chi connectivity index (χ1v) is 5.90. The van der Waals surface area contributed by atoms with Crippen molar-refractivity contribution in [3.8, 4) is 0 Å². The van der Waals surface area contributed by atoms with Gasteiger partial charge in [0.2, 0.25) is 0 Å². The fraction of sp³-hybridized carbons (Fsp3) is 0.167. The molecule has 2 rings (SSSR count). The maximum atomic E-state index is 6.11. The third-order valence-electron chi connectivity index (χ3n) is 2.56. The van der Waals surface area contributed by atoms with E-state index in [4.69, 9.17) is 33.5 Å². The van der Waals surface area contributed by atoms with Gasteiger partial charge in [-0.25, -0.2) is 5.43 Å². The van der Waals surface area contributed by atoms with E-state index in [2.05, 4.69) is 5.43 Å². The Kier molecular flexibility index (Phi) is 4.07. The number of hydrogen-bond acceptors (Lipinski definition) is 3. The van der Waals surface area contributed by atoms with Gasteiger partial charge in [0.25, 0.3) is 0 Å². The van der Waals surface area contributed by atoms with Crippen molar-refractivity contribution in [1.82, 2.24) is 5.43 Å². The first-order valence-electron chi connectivity index (χ1n) is 5.14. The van der Waals surface area contributed by atoms with Crippen molar-refractivity contribution in [3.63, 3.8) is 0 Å². The highest BCUT2D eigenvalue weighted by molar-refractivity contribution is 6.36. The van der Waals surface area contributed by atoms with Crippen LogP contribution in [0, 0.1) is 0 Å². The number of halogens is 2. The number of nitrogens with two attached hydrogens (primary N) is 1. The van der Waals surface area contributed by atoms with Gasteiger partial charge >= 0.3 is 0 Å². The van der Waals surface area contributed by atoms with Crippen molar-refractivity contribution in [2.24, 2.45) is 5.84 Å². The summed E-state index contributed by atoms with van der Waals surface area (Å²) in [5.74, 6) is 6.27. The van der Waals surface area contributed by atoms with Crippen LogP contribution in [0.15, 0.2) is 41.0 Å².